The summed E-state index contributed by atoms with van der Waals surface area (Å²) >= 11 is 1.76. The largest absolute Gasteiger partial charge is 0.494 e. The van der Waals surface area contributed by atoms with Crippen LogP contribution in [0.5, 0.6) is 5.75 Å². The highest BCUT2D eigenvalue weighted by molar-refractivity contribution is 7.99. The Morgan fingerprint density at radius 2 is 2.17 bits per heavy atom. The van der Waals surface area contributed by atoms with Crippen LogP contribution in [0.2, 0.25) is 0 Å². The van der Waals surface area contributed by atoms with Crippen molar-refractivity contribution >= 4 is 17.4 Å². The number of nitrogens with one attached hydrogen (secondary N) is 1. The van der Waals surface area contributed by atoms with Crippen LogP contribution in [0.1, 0.15) is 30.5 Å². The molecule has 2 aromatic rings. The Bertz CT molecular complexity index is 693. The second-order valence-corrected chi connectivity index (χ2v) is 6.57. The maximum Gasteiger partial charge on any atom is 0.124 e. The molecule has 2 aromatic carbocycles. The van der Waals surface area contributed by atoms with Gasteiger partial charge in [-0.2, -0.15) is 0 Å². The van der Waals surface area contributed by atoms with E-state index in [-0.39, 0.29) is 18.5 Å². The molecule has 0 radical (unpaired) electrons. The zero-order chi connectivity index (χ0) is 16.2. The summed E-state index contributed by atoms with van der Waals surface area (Å²) in [4.78, 5) is 1.13. The van der Waals surface area contributed by atoms with Gasteiger partial charge in [0.2, 0.25) is 0 Å². The zero-order valence-corrected chi connectivity index (χ0v) is 13.8. The SMILES string of the molecule is CCOc1ccc(NC2CCSc3ccc(F)cc32)cc1CO. The zero-order valence-electron chi connectivity index (χ0n) is 13.0. The standard InChI is InChI=1S/C18H20FNO2S/c1-2-22-17-5-4-14(9-12(17)11-21)20-16-7-8-23-18-6-3-13(19)10-15(16)18/h3-6,9-10,16,20-21H,2,7-8,11H2,1H3. The van der Waals surface area contributed by atoms with E-state index in [1.54, 1.807) is 17.8 Å². The Labute approximate surface area is 139 Å². The molecule has 0 amide bonds. The van der Waals surface area contributed by atoms with E-state index < -0.39 is 0 Å². The molecule has 3 nitrogen and oxygen atoms in total. The first-order chi connectivity index (χ1) is 11.2. The number of aliphatic hydroxyl groups excluding tert-OH is 1. The predicted molar refractivity (Wildman–Crippen MR) is 91.6 cm³/mol. The number of thioether (sulfide) groups is 1. The van der Waals surface area contributed by atoms with Gasteiger partial charge >= 0.3 is 0 Å². The highest BCUT2D eigenvalue weighted by atomic mass is 32.2. The van der Waals surface area contributed by atoms with Crippen molar-refractivity contribution in [3.05, 3.63) is 53.3 Å². The van der Waals surface area contributed by atoms with Crippen LogP contribution in [0, 0.1) is 5.82 Å². The molecular formula is C18H20FNO2S. The predicted octanol–water partition coefficient (Wildman–Crippen LogP) is 4.37. The summed E-state index contributed by atoms with van der Waals surface area (Å²) in [5.41, 5.74) is 2.66. The van der Waals surface area contributed by atoms with Gasteiger partial charge in [-0.3, -0.25) is 0 Å². The summed E-state index contributed by atoms with van der Waals surface area (Å²) in [6, 6.07) is 10.7. The first kappa shape index (κ1) is 16.1. The van der Waals surface area contributed by atoms with Crippen LogP contribution >= 0.6 is 11.8 Å². The van der Waals surface area contributed by atoms with Gasteiger partial charge in [0.1, 0.15) is 11.6 Å². The Balaban J connectivity index is 1.84. The molecule has 0 saturated heterocycles. The lowest BCUT2D eigenvalue weighted by Gasteiger charge is -2.27. The quantitative estimate of drug-likeness (QED) is 0.853. The number of aliphatic hydroxyl groups is 1. The minimum atomic E-state index is -0.208. The number of rotatable bonds is 5. The molecule has 0 aliphatic carbocycles. The van der Waals surface area contributed by atoms with E-state index in [0.717, 1.165) is 33.9 Å². The summed E-state index contributed by atoms with van der Waals surface area (Å²) in [5, 5.41) is 13.0. The van der Waals surface area contributed by atoms with Crippen LogP contribution in [0.3, 0.4) is 0 Å². The lowest BCUT2D eigenvalue weighted by atomic mass is 10.0. The molecule has 1 heterocycles. The summed E-state index contributed by atoms with van der Waals surface area (Å²) < 4.78 is 19.1. The van der Waals surface area contributed by atoms with Crippen molar-refractivity contribution < 1.29 is 14.2 Å². The van der Waals surface area contributed by atoms with E-state index in [1.165, 1.54) is 6.07 Å². The van der Waals surface area contributed by atoms with E-state index in [9.17, 15) is 9.50 Å². The summed E-state index contributed by atoms with van der Waals surface area (Å²) in [6.07, 6.45) is 0.933. The van der Waals surface area contributed by atoms with Crippen molar-refractivity contribution in [3.8, 4) is 5.75 Å². The Kier molecular flexibility index (Phi) is 5.08. The highest BCUT2D eigenvalue weighted by Gasteiger charge is 2.21. The Morgan fingerprint density at radius 3 is 2.96 bits per heavy atom. The maximum absolute atomic E-state index is 13.6. The molecule has 122 valence electrons. The van der Waals surface area contributed by atoms with Gasteiger partial charge in [0, 0.05) is 21.9 Å². The Morgan fingerprint density at radius 1 is 1.30 bits per heavy atom. The molecule has 23 heavy (non-hydrogen) atoms. The lowest BCUT2D eigenvalue weighted by molar-refractivity contribution is 0.267. The van der Waals surface area contributed by atoms with Crippen LogP contribution in [0.4, 0.5) is 10.1 Å². The fourth-order valence-corrected chi connectivity index (χ4v) is 3.91. The van der Waals surface area contributed by atoms with Crippen molar-refractivity contribution in [1.29, 1.82) is 0 Å². The average molecular weight is 333 g/mol. The van der Waals surface area contributed by atoms with Gasteiger partial charge in [-0.25, -0.2) is 4.39 Å². The van der Waals surface area contributed by atoms with Gasteiger partial charge in [0.05, 0.1) is 19.3 Å². The first-order valence-corrected chi connectivity index (χ1v) is 8.75. The summed E-state index contributed by atoms with van der Waals surface area (Å²) in [7, 11) is 0. The number of anilines is 1. The van der Waals surface area contributed by atoms with Crippen molar-refractivity contribution in [2.75, 3.05) is 17.7 Å². The highest BCUT2D eigenvalue weighted by Crippen LogP contribution is 2.38. The minimum Gasteiger partial charge on any atom is -0.494 e. The number of hydrogen-bond donors (Lipinski definition) is 2. The number of halogens is 1. The molecule has 5 heteroatoms. The molecule has 3 rings (SSSR count). The van der Waals surface area contributed by atoms with Crippen LogP contribution in [0.15, 0.2) is 41.3 Å². The summed E-state index contributed by atoms with van der Waals surface area (Å²) in [5.74, 6) is 1.49. The van der Waals surface area contributed by atoms with E-state index in [0.29, 0.717) is 12.4 Å². The maximum atomic E-state index is 13.6. The first-order valence-electron chi connectivity index (χ1n) is 7.76. The smallest absolute Gasteiger partial charge is 0.124 e. The number of benzene rings is 2. The van der Waals surface area contributed by atoms with Crippen LogP contribution in [-0.4, -0.2) is 17.5 Å². The lowest BCUT2D eigenvalue weighted by Crippen LogP contribution is -2.16. The van der Waals surface area contributed by atoms with E-state index >= 15 is 0 Å². The second kappa shape index (κ2) is 7.23. The number of fused-ring (bicyclic) bond motifs is 1. The molecule has 1 aliphatic rings. The average Bonchev–Trinajstić information content (AvgIpc) is 2.57. The van der Waals surface area contributed by atoms with E-state index in [1.807, 2.05) is 31.2 Å². The van der Waals surface area contributed by atoms with E-state index in [4.69, 9.17) is 4.74 Å². The molecule has 1 unspecified atom stereocenters. The molecule has 0 fully saturated rings. The number of ether oxygens (including phenoxy) is 1. The van der Waals surface area contributed by atoms with Gasteiger partial charge in [-0.05, 0) is 55.3 Å². The van der Waals surface area contributed by atoms with Crippen molar-refractivity contribution in [3.63, 3.8) is 0 Å². The van der Waals surface area contributed by atoms with Crippen molar-refractivity contribution in [1.82, 2.24) is 0 Å². The van der Waals surface area contributed by atoms with E-state index in [2.05, 4.69) is 5.32 Å². The summed E-state index contributed by atoms with van der Waals surface area (Å²) in [6.45, 7) is 2.40. The number of hydrogen-bond acceptors (Lipinski definition) is 4. The normalized spacial score (nSPS) is 16.7. The molecule has 1 atom stereocenters. The van der Waals surface area contributed by atoms with Gasteiger partial charge in [-0.1, -0.05) is 0 Å². The van der Waals surface area contributed by atoms with Crippen molar-refractivity contribution in [2.24, 2.45) is 0 Å². The monoisotopic (exact) mass is 333 g/mol. The van der Waals surface area contributed by atoms with Crippen LogP contribution in [-0.2, 0) is 6.61 Å². The molecule has 0 aromatic heterocycles. The minimum absolute atomic E-state index is 0.0728. The van der Waals surface area contributed by atoms with Gasteiger partial charge in [0.25, 0.3) is 0 Å². The molecular weight excluding hydrogens is 313 g/mol. The van der Waals surface area contributed by atoms with Crippen molar-refractivity contribution in [2.45, 2.75) is 30.9 Å². The van der Waals surface area contributed by atoms with Crippen LogP contribution in [0.25, 0.3) is 0 Å². The van der Waals surface area contributed by atoms with Crippen LogP contribution < -0.4 is 10.1 Å². The second-order valence-electron chi connectivity index (χ2n) is 5.43. The molecule has 1 aliphatic heterocycles. The topological polar surface area (TPSA) is 41.5 Å². The van der Waals surface area contributed by atoms with Gasteiger partial charge in [0.15, 0.2) is 0 Å². The fraction of sp³-hybridized carbons (Fsp3) is 0.333. The fourth-order valence-electron chi connectivity index (χ4n) is 2.81. The molecule has 0 saturated carbocycles. The van der Waals surface area contributed by atoms with Gasteiger partial charge < -0.3 is 15.2 Å². The Hall–Kier alpha value is -1.72. The molecule has 0 spiro atoms. The van der Waals surface area contributed by atoms with Gasteiger partial charge in [-0.15, -0.1) is 11.8 Å². The third-order valence-electron chi connectivity index (χ3n) is 3.88. The third-order valence-corrected chi connectivity index (χ3v) is 5.01. The molecule has 0 bridgehead atoms. The third kappa shape index (κ3) is 3.62. The molecule has 2 N–H and O–H groups in total.